The van der Waals surface area contributed by atoms with E-state index >= 15 is 0 Å². The van der Waals surface area contributed by atoms with Crippen LogP contribution in [-0.2, 0) is 4.74 Å². The minimum atomic E-state index is -0.326. The second-order valence-corrected chi connectivity index (χ2v) is 7.99. The van der Waals surface area contributed by atoms with E-state index in [1.807, 2.05) is 19.1 Å². The third-order valence-electron chi connectivity index (χ3n) is 5.92. The average Bonchev–Trinajstić information content (AvgIpc) is 3.14. The zero-order valence-corrected chi connectivity index (χ0v) is 18.4. The Labute approximate surface area is 185 Å². The maximum absolute atomic E-state index is 12.8. The van der Waals surface area contributed by atoms with Gasteiger partial charge in [0.1, 0.15) is 11.3 Å². The van der Waals surface area contributed by atoms with Crippen LogP contribution in [0.15, 0.2) is 66.7 Å². The number of rotatable bonds is 9. The fraction of sp³-hybridized carbons (Fsp3) is 0.321. The Balaban J connectivity index is 1.69. The smallest absolute Gasteiger partial charge is 0.341 e. The van der Waals surface area contributed by atoms with Crippen molar-refractivity contribution in [2.24, 2.45) is 0 Å². The molecule has 0 saturated heterocycles. The summed E-state index contributed by atoms with van der Waals surface area (Å²) in [5.74, 6) is 0.380. The molecule has 0 N–H and O–H groups in total. The van der Waals surface area contributed by atoms with Crippen LogP contribution >= 0.6 is 0 Å². The molecule has 0 heterocycles. The highest BCUT2D eigenvalue weighted by molar-refractivity contribution is 5.93. The van der Waals surface area contributed by atoms with Crippen molar-refractivity contribution in [1.82, 2.24) is 0 Å². The summed E-state index contributed by atoms with van der Waals surface area (Å²) in [6.45, 7) is 4.98. The Bertz CT molecular complexity index is 1010. The molecule has 3 nitrogen and oxygen atoms in total. The number of ether oxygens (including phenoxy) is 2. The number of carbonyl (C=O) groups is 1. The molecule has 31 heavy (non-hydrogen) atoms. The maximum Gasteiger partial charge on any atom is 0.341 e. The molecule has 3 aromatic carbocycles. The molecular weight excluding hydrogens is 384 g/mol. The molecule has 0 fully saturated rings. The van der Waals surface area contributed by atoms with Gasteiger partial charge in [0.25, 0.3) is 0 Å². The third-order valence-corrected chi connectivity index (χ3v) is 5.92. The molecule has 1 aliphatic carbocycles. The van der Waals surface area contributed by atoms with Gasteiger partial charge in [-0.25, -0.2) is 4.79 Å². The molecule has 0 saturated carbocycles. The zero-order valence-electron chi connectivity index (χ0n) is 18.4. The van der Waals surface area contributed by atoms with Crippen LogP contribution in [0.25, 0.3) is 11.1 Å². The van der Waals surface area contributed by atoms with Gasteiger partial charge >= 0.3 is 5.97 Å². The fourth-order valence-electron chi connectivity index (χ4n) is 4.45. The summed E-state index contributed by atoms with van der Waals surface area (Å²) in [5, 5.41) is 0. The molecule has 0 amide bonds. The topological polar surface area (TPSA) is 35.5 Å². The number of benzene rings is 3. The van der Waals surface area contributed by atoms with Crippen molar-refractivity contribution in [3.05, 3.63) is 89.0 Å². The summed E-state index contributed by atoms with van der Waals surface area (Å²) in [6, 6.07) is 23.0. The van der Waals surface area contributed by atoms with Gasteiger partial charge in [-0.15, -0.1) is 0 Å². The van der Waals surface area contributed by atoms with Gasteiger partial charge in [0, 0.05) is 5.92 Å². The van der Waals surface area contributed by atoms with Crippen molar-refractivity contribution in [3.63, 3.8) is 0 Å². The van der Waals surface area contributed by atoms with Crippen LogP contribution in [0, 0.1) is 0 Å². The number of carbonyl (C=O) groups excluding carboxylic acids is 1. The third kappa shape index (κ3) is 4.36. The van der Waals surface area contributed by atoms with Gasteiger partial charge in [0.15, 0.2) is 0 Å². The first-order chi connectivity index (χ1) is 15.2. The molecule has 1 aliphatic rings. The standard InChI is InChI=1S/C28H30O3/c1-3-5-6-11-18-31-26-17-16-20(19-25(26)28(29)30-4-2)27-23-14-9-7-12-21(23)22-13-8-10-15-24(22)27/h7-10,12-17,19,27H,3-6,11,18H2,1-2H3. The Hall–Kier alpha value is -3.07. The normalized spacial score (nSPS) is 12.3. The van der Waals surface area contributed by atoms with Crippen molar-refractivity contribution in [2.45, 2.75) is 45.4 Å². The Morgan fingerprint density at radius 2 is 1.52 bits per heavy atom. The number of unbranched alkanes of at least 4 members (excludes halogenated alkanes) is 3. The van der Waals surface area contributed by atoms with E-state index in [0.29, 0.717) is 24.5 Å². The lowest BCUT2D eigenvalue weighted by atomic mass is 9.88. The summed E-state index contributed by atoms with van der Waals surface area (Å²) in [6.07, 6.45) is 4.51. The Kier molecular flexibility index (Phi) is 6.71. The van der Waals surface area contributed by atoms with Crippen molar-refractivity contribution >= 4 is 5.97 Å². The molecule has 3 aromatic rings. The van der Waals surface area contributed by atoms with E-state index in [9.17, 15) is 4.79 Å². The molecule has 0 atom stereocenters. The van der Waals surface area contributed by atoms with E-state index in [4.69, 9.17) is 9.47 Å². The van der Waals surface area contributed by atoms with Gasteiger partial charge in [-0.3, -0.25) is 0 Å². The number of hydrogen-bond acceptors (Lipinski definition) is 3. The second kappa shape index (κ2) is 9.82. The van der Waals surface area contributed by atoms with Gasteiger partial charge in [0.2, 0.25) is 0 Å². The predicted molar refractivity (Wildman–Crippen MR) is 125 cm³/mol. The Morgan fingerprint density at radius 3 is 2.16 bits per heavy atom. The van der Waals surface area contributed by atoms with Crippen LogP contribution in [0.1, 0.15) is 72.5 Å². The van der Waals surface area contributed by atoms with Crippen molar-refractivity contribution < 1.29 is 14.3 Å². The minimum absolute atomic E-state index is 0.0965. The summed E-state index contributed by atoms with van der Waals surface area (Å²) in [5.41, 5.74) is 6.66. The lowest BCUT2D eigenvalue weighted by molar-refractivity contribution is 0.0521. The molecular formula is C28H30O3. The second-order valence-electron chi connectivity index (χ2n) is 7.99. The first-order valence-electron chi connectivity index (χ1n) is 11.4. The zero-order chi connectivity index (χ0) is 21.6. The van der Waals surface area contributed by atoms with E-state index in [-0.39, 0.29) is 11.9 Å². The number of fused-ring (bicyclic) bond motifs is 3. The molecule has 0 unspecified atom stereocenters. The fourth-order valence-corrected chi connectivity index (χ4v) is 4.45. The quantitative estimate of drug-likeness (QED) is 0.219. The van der Waals surface area contributed by atoms with E-state index in [1.54, 1.807) is 0 Å². The van der Waals surface area contributed by atoms with E-state index < -0.39 is 0 Å². The van der Waals surface area contributed by atoms with Crippen molar-refractivity contribution in [1.29, 1.82) is 0 Å². The van der Waals surface area contributed by atoms with Gasteiger partial charge < -0.3 is 9.47 Å². The molecule has 0 spiro atoms. The van der Waals surface area contributed by atoms with Crippen LogP contribution in [0.4, 0.5) is 0 Å². The van der Waals surface area contributed by atoms with Crippen LogP contribution < -0.4 is 4.74 Å². The van der Waals surface area contributed by atoms with E-state index in [2.05, 4.69) is 61.5 Å². The summed E-state index contributed by atoms with van der Waals surface area (Å²) in [7, 11) is 0. The molecule has 3 heteroatoms. The largest absolute Gasteiger partial charge is 0.493 e. The molecule has 4 rings (SSSR count). The predicted octanol–water partition coefficient (Wildman–Crippen LogP) is 6.98. The Morgan fingerprint density at radius 1 is 0.839 bits per heavy atom. The highest BCUT2D eigenvalue weighted by Crippen LogP contribution is 2.48. The van der Waals surface area contributed by atoms with Crippen LogP contribution in [0.3, 0.4) is 0 Å². The molecule has 160 valence electrons. The van der Waals surface area contributed by atoms with Crippen LogP contribution in [-0.4, -0.2) is 19.2 Å². The molecule has 0 aliphatic heterocycles. The lowest BCUT2D eigenvalue weighted by Gasteiger charge is -2.18. The SMILES string of the molecule is CCCCCCOc1ccc(C2c3ccccc3-c3ccccc32)cc1C(=O)OCC. The number of esters is 1. The average molecular weight is 415 g/mol. The van der Waals surface area contributed by atoms with E-state index in [1.165, 1.54) is 35.1 Å². The summed E-state index contributed by atoms with van der Waals surface area (Å²) in [4.78, 5) is 12.8. The summed E-state index contributed by atoms with van der Waals surface area (Å²) < 4.78 is 11.4. The van der Waals surface area contributed by atoms with Crippen molar-refractivity contribution in [3.8, 4) is 16.9 Å². The van der Waals surface area contributed by atoms with Crippen molar-refractivity contribution in [2.75, 3.05) is 13.2 Å². The van der Waals surface area contributed by atoms with Gasteiger partial charge in [-0.1, -0.05) is 80.8 Å². The van der Waals surface area contributed by atoms with Crippen LogP contribution in [0.5, 0.6) is 5.75 Å². The minimum Gasteiger partial charge on any atom is -0.493 e. The first-order valence-corrected chi connectivity index (χ1v) is 11.4. The highest BCUT2D eigenvalue weighted by Gasteiger charge is 2.30. The summed E-state index contributed by atoms with van der Waals surface area (Å²) >= 11 is 0. The molecule has 0 aromatic heterocycles. The first kappa shape index (κ1) is 21.2. The maximum atomic E-state index is 12.8. The van der Waals surface area contributed by atoms with Gasteiger partial charge in [0.05, 0.1) is 13.2 Å². The van der Waals surface area contributed by atoms with Crippen LogP contribution in [0.2, 0.25) is 0 Å². The lowest BCUT2D eigenvalue weighted by Crippen LogP contribution is -2.10. The van der Waals surface area contributed by atoms with Gasteiger partial charge in [-0.05, 0) is 53.3 Å². The molecule has 0 radical (unpaired) electrons. The van der Waals surface area contributed by atoms with E-state index in [0.717, 1.165) is 18.4 Å². The highest BCUT2D eigenvalue weighted by atomic mass is 16.5. The monoisotopic (exact) mass is 414 g/mol. The molecule has 0 bridgehead atoms. The number of hydrogen-bond donors (Lipinski definition) is 0. The van der Waals surface area contributed by atoms with Gasteiger partial charge in [-0.2, -0.15) is 0 Å².